The van der Waals surface area contributed by atoms with Gasteiger partial charge in [-0.05, 0) is 37.5 Å². The van der Waals surface area contributed by atoms with Crippen molar-refractivity contribution >= 4 is 5.82 Å². The molecule has 4 heteroatoms. The molecule has 0 saturated heterocycles. The minimum atomic E-state index is 0.486. The van der Waals surface area contributed by atoms with Crippen molar-refractivity contribution in [3.8, 4) is 17.0 Å². The topological polar surface area (TPSA) is 63.9 Å². The quantitative estimate of drug-likeness (QED) is 0.835. The highest BCUT2D eigenvalue weighted by Gasteiger charge is 2.15. The van der Waals surface area contributed by atoms with Crippen LogP contribution in [0.3, 0.4) is 0 Å². The molecule has 2 aromatic rings. The van der Waals surface area contributed by atoms with Crippen molar-refractivity contribution in [2.24, 2.45) is 0 Å². The lowest BCUT2D eigenvalue weighted by atomic mass is 9.97. The Balaban J connectivity index is 2.72. The Morgan fingerprint density at radius 2 is 1.88 bits per heavy atom. The molecule has 0 bridgehead atoms. The first-order chi connectivity index (χ1) is 8.04. The van der Waals surface area contributed by atoms with Gasteiger partial charge in [-0.1, -0.05) is 6.07 Å². The Kier molecular flexibility index (Phi) is 2.79. The molecular formula is C13H17N3O. The monoisotopic (exact) mass is 231 g/mol. The number of methoxy groups -OCH3 is 1. The predicted octanol–water partition coefficient (Wildman–Crippen LogP) is 2.59. The second-order valence-electron chi connectivity index (χ2n) is 4.25. The van der Waals surface area contributed by atoms with Crippen molar-refractivity contribution in [3.05, 3.63) is 28.8 Å². The highest BCUT2D eigenvalue weighted by atomic mass is 16.5. The molecular weight excluding hydrogens is 214 g/mol. The Hall–Kier alpha value is -1.97. The highest BCUT2D eigenvalue weighted by Crippen LogP contribution is 2.36. The average Bonchev–Trinajstić information content (AvgIpc) is 2.69. The number of anilines is 1. The third-order valence-corrected chi connectivity index (χ3v) is 3.06. The van der Waals surface area contributed by atoms with Crippen LogP contribution in [0.5, 0.6) is 5.75 Å². The van der Waals surface area contributed by atoms with Crippen LogP contribution < -0.4 is 10.5 Å². The van der Waals surface area contributed by atoms with Crippen LogP contribution >= 0.6 is 0 Å². The number of aromatic amines is 1. The molecule has 0 saturated carbocycles. The van der Waals surface area contributed by atoms with Crippen LogP contribution in [-0.2, 0) is 0 Å². The van der Waals surface area contributed by atoms with Crippen molar-refractivity contribution in [2.75, 3.05) is 12.8 Å². The molecule has 0 aliphatic carbocycles. The van der Waals surface area contributed by atoms with Gasteiger partial charge in [0.1, 0.15) is 11.6 Å². The second-order valence-corrected chi connectivity index (χ2v) is 4.25. The summed E-state index contributed by atoms with van der Waals surface area (Å²) in [6, 6.07) is 3.96. The van der Waals surface area contributed by atoms with Crippen LogP contribution in [0.2, 0.25) is 0 Å². The van der Waals surface area contributed by atoms with Gasteiger partial charge >= 0.3 is 0 Å². The summed E-state index contributed by atoms with van der Waals surface area (Å²) in [6.07, 6.45) is 0. The molecule has 0 fully saturated rings. The minimum absolute atomic E-state index is 0.486. The van der Waals surface area contributed by atoms with E-state index >= 15 is 0 Å². The molecule has 1 heterocycles. The lowest BCUT2D eigenvalue weighted by Gasteiger charge is -2.15. The minimum Gasteiger partial charge on any atom is -0.496 e. The molecule has 17 heavy (non-hydrogen) atoms. The van der Waals surface area contributed by atoms with Crippen LogP contribution in [0.1, 0.15) is 16.7 Å². The molecule has 4 nitrogen and oxygen atoms in total. The maximum absolute atomic E-state index is 5.64. The summed E-state index contributed by atoms with van der Waals surface area (Å²) < 4.78 is 5.51. The lowest BCUT2D eigenvalue weighted by Crippen LogP contribution is -1.97. The van der Waals surface area contributed by atoms with E-state index in [1.54, 1.807) is 7.11 Å². The number of ether oxygens (including phenoxy) is 1. The number of rotatable bonds is 2. The molecule has 3 N–H and O–H groups in total. The summed E-state index contributed by atoms with van der Waals surface area (Å²) in [6.45, 7) is 6.19. The third kappa shape index (κ3) is 1.86. The van der Waals surface area contributed by atoms with E-state index in [0.717, 1.165) is 28.1 Å². The van der Waals surface area contributed by atoms with Gasteiger partial charge in [0, 0.05) is 11.6 Å². The van der Waals surface area contributed by atoms with Crippen molar-refractivity contribution in [2.45, 2.75) is 20.8 Å². The standard InChI is InChI=1S/C13H17N3O/c1-7-5-8(2)12(13(17-4)9(7)3)10-6-11(14)16-15-10/h5-6H,1-4H3,(H3,14,15,16). The van der Waals surface area contributed by atoms with E-state index in [2.05, 4.69) is 37.0 Å². The summed E-state index contributed by atoms with van der Waals surface area (Å²) in [4.78, 5) is 0. The SMILES string of the molecule is COc1c(C)c(C)cc(C)c1-c1cc(N)n[nH]1. The fraction of sp³-hybridized carbons (Fsp3) is 0.308. The number of hydrogen-bond acceptors (Lipinski definition) is 3. The van der Waals surface area contributed by atoms with Crippen LogP contribution in [-0.4, -0.2) is 17.3 Å². The van der Waals surface area contributed by atoms with Gasteiger partial charge in [0.05, 0.1) is 12.8 Å². The molecule has 0 aliphatic rings. The van der Waals surface area contributed by atoms with E-state index < -0.39 is 0 Å². The Morgan fingerprint density at radius 1 is 1.18 bits per heavy atom. The van der Waals surface area contributed by atoms with E-state index in [-0.39, 0.29) is 0 Å². The Bertz CT molecular complexity index is 558. The van der Waals surface area contributed by atoms with Gasteiger partial charge in [-0.15, -0.1) is 0 Å². The molecule has 0 atom stereocenters. The van der Waals surface area contributed by atoms with Gasteiger partial charge < -0.3 is 10.5 Å². The van der Waals surface area contributed by atoms with E-state index in [1.807, 2.05) is 6.07 Å². The highest BCUT2D eigenvalue weighted by molar-refractivity contribution is 5.75. The fourth-order valence-electron chi connectivity index (χ4n) is 2.11. The molecule has 0 spiro atoms. The zero-order valence-corrected chi connectivity index (χ0v) is 10.6. The van der Waals surface area contributed by atoms with E-state index in [0.29, 0.717) is 5.82 Å². The normalized spacial score (nSPS) is 10.6. The molecule has 1 aromatic carbocycles. The first-order valence-corrected chi connectivity index (χ1v) is 5.50. The predicted molar refractivity (Wildman–Crippen MR) is 69.2 cm³/mol. The first kappa shape index (κ1) is 11.5. The average molecular weight is 231 g/mol. The van der Waals surface area contributed by atoms with Crippen LogP contribution in [0, 0.1) is 20.8 Å². The summed E-state index contributed by atoms with van der Waals surface area (Å²) in [5, 5.41) is 6.89. The number of nitrogens with two attached hydrogens (primary N) is 1. The van der Waals surface area contributed by atoms with Crippen molar-refractivity contribution in [3.63, 3.8) is 0 Å². The molecule has 0 unspecified atom stereocenters. The number of benzene rings is 1. The van der Waals surface area contributed by atoms with E-state index in [1.165, 1.54) is 5.56 Å². The van der Waals surface area contributed by atoms with Crippen LogP contribution in [0.25, 0.3) is 11.3 Å². The van der Waals surface area contributed by atoms with Gasteiger partial charge in [-0.3, -0.25) is 5.10 Å². The van der Waals surface area contributed by atoms with Gasteiger partial charge in [0.25, 0.3) is 0 Å². The number of nitrogen functional groups attached to an aromatic ring is 1. The van der Waals surface area contributed by atoms with E-state index in [4.69, 9.17) is 10.5 Å². The molecule has 0 amide bonds. The summed E-state index contributed by atoms with van der Waals surface area (Å²) >= 11 is 0. The maximum Gasteiger partial charge on any atom is 0.145 e. The molecule has 2 rings (SSSR count). The van der Waals surface area contributed by atoms with Gasteiger partial charge in [0.15, 0.2) is 0 Å². The molecule has 0 aliphatic heterocycles. The third-order valence-electron chi connectivity index (χ3n) is 3.06. The Morgan fingerprint density at radius 3 is 2.41 bits per heavy atom. The summed E-state index contributed by atoms with van der Waals surface area (Å²) in [7, 11) is 1.68. The zero-order valence-electron chi connectivity index (χ0n) is 10.6. The largest absolute Gasteiger partial charge is 0.496 e. The van der Waals surface area contributed by atoms with Gasteiger partial charge in [-0.25, -0.2) is 0 Å². The van der Waals surface area contributed by atoms with Crippen molar-refractivity contribution in [1.29, 1.82) is 0 Å². The second kappa shape index (κ2) is 4.13. The maximum atomic E-state index is 5.64. The van der Waals surface area contributed by atoms with E-state index in [9.17, 15) is 0 Å². The molecule has 1 aromatic heterocycles. The number of nitrogens with one attached hydrogen (secondary N) is 1. The number of nitrogens with zero attached hydrogens (tertiary/aromatic N) is 1. The van der Waals surface area contributed by atoms with Gasteiger partial charge in [0.2, 0.25) is 0 Å². The molecule has 0 radical (unpaired) electrons. The number of aromatic nitrogens is 2. The zero-order chi connectivity index (χ0) is 12.6. The number of hydrogen-bond donors (Lipinski definition) is 2. The first-order valence-electron chi connectivity index (χ1n) is 5.50. The number of aryl methyl sites for hydroxylation is 2. The molecule has 90 valence electrons. The number of H-pyrrole nitrogens is 1. The van der Waals surface area contributed by atoms with Crippen LogP contribution in [0.15, 0.2) is 12.1 Å². The summed E-state index contributed by atoms with van der Waals surface area (Å²) in [5.41, 5.74) is 11.1. The Labute approximate surface area is 101 Å². The van der Waals surface area contributed by atoms with Crippen LogP contribution in [0.4, 0.5) is 5.82 Å². The lowest BCUT2D eigenvalue weighted by molar-refractivity contribution is 0.412. The van der Waals surface area contributed by atoms with Crippen molar-refractivity contribution < 1.29 is 4.74 Å². The summed E-state index contributed by atoms with van der Waals surface area (Å²) in [5.74, 6) is 1.37. The van der Waals surface area contributed by atoms with Crippen molar-refractivity contribution in [1.82, 2.24) is 10.2 Å². The van der Waals surface area contributed by atoms with Gasteiger partial charge in [-0.2, -0.15) is 5.10 Å². The fourth-order valence-corrected chi connectivity index (χ4v) is 2.11. The smallest absolute Gasteiger partial charge is 0.145 e.